The van der Waals surface area contributed by atoms with Gasteiger partial charge in [0.25, 0.3) is 0 Å². The van der Waals surface area contributed by atoms with Gasteiger partial charge in [-0.2, -0.15) is 0 Å². The third kappa shape index (κ3) is 4.42. The van der Waals surface area contributed by atoms with Crippen molar-refractivity contribution in [2.45, 2.75) is 56.8 Å². The second kappa shape index (κ2) is 9.06. The summed E-state index contributed by atoms with van der Waals surface area (Å²) in [6.45, 7) is 1.84. The van der Waals surface area contributed by atoms with Crippen molar-refractivity contribution in [3.63, 3.8) is 0 Å². The van der Waals surface area contributed by atoms with Gasteiger partial charge < -0.3 is 10.6 Å². The van der Waals surface area contributed by atoms with Gasteiger partial charge in [-0.3, -0.25) is 14.3 Å². The lowest BCUT2D eigenvalue weighted by atomic mass is 9.96. The molecule has 2 atom stereocenters. The molecule has 0 spiro atoms. The van der Waals surface area contributed by atoms with Crippen molar-refractivity contribution in [1.29, 1.82) is 0 Å². The van der Waals surface area contributed by atoms with Gasteiger partial charge in [0.05, 0.1) is 0 Å². The fourth-order valence-corrected chi connectivity index (χ4v) is 5.19. The monoisotopic (exact) mass is 417 g/mol. The molecule has 2 saturated heterocycles. The third-order valence-electron chi connectivity index (χ3n) is 6.68. The van der Waals surface area contributed by atoms with Crippen LogP contribution in [-0.4, -0.2) is 57.2 Å². The molecule has 2 N–H and O–H groups in total. The average Bonchev–Trinajstić information content (AvgIpc) is 3.31. The van der Waals surface area contributed by atoms with E-state index in [2.05, 4.69) is 61.1 Å². The number of hydrogen-bond acceptors (Lipinski definition) is 4. The van der Waals surface area contributed by atoms with Gasteiger partial charge in [-0.1, -0.05) is 36.4 Å². The average molecular weight is 418 g/mol. The van der Waals surface area contributed by atoms with Gasteiger partial charge in [-0.25, -0.2) is 0 Å². The van der Waals surface area contributed by atoms with Crippen molar-refractivity contribution in [2.24, 2.45) is 4.99 Å². The quantitative estimate of drug-likeness (QED) is 0.477. The summed E-state index contributed by atoms with van der Waals surface area (Å²) in [7, 11) is 1.85. The summed E-state index contributed by atoms with van der Waals surface area (Å²) in [6, 6.07) is 18.6. The van der Waals surface area contributed by atoms with Gasteiger partial charge >= 0.3 is 0 Å². The molecule has 0 amide bonds. The highest BCUT2D eigenvalue weighted by atomic mass is 15.3. The van der Waals surface area contributed by atoms with Gasteiger partial charge in [0, 0.05) is 50.9 Å². The molecule has 2 fully saturated rings. The van der Waals surface area contributed by atoms with Crippen LogP contribution < -0.4 is 10.6 Å². The summed E-state index contributed by atoms with van der Waals surface area (Å²) in [5, 5.41) is 15.7. The molecule has 5 rings (SSSR count). The predicted octanol–water partition coefficient (Wildman–Crippen LogP) is 2.63. The molecule has 7 nitrogen and oxygen atoms in total. The van der Waals surface area contributed by atoms with E-state index in [9.17, 15) is 0 Å². The SMILES string of the molecule is CN=C(NCCc1nnc2ccccn12)NC1CC2CCC(C1)N2Cc1ccccc1. The number of nitrogens with one attached hydrogen (secondary N) is 2. The molecular formula is C24H31N7. The van der Waals surface area contributed by atoms with E-state index in [0.717, 1.165) is 36.9 Å². The highest BCUT2D eigenvalue weighted by Crippen LogP contribution is 2.36. The summed E-state index contributed by atoms with van der Waals surface area (Å²) in [6.07, 6.45) is 7.78. The summed E-state index contributed by atoms with van der Waals surface area (Å²) in [5.41, 5.74) is 2.31. The summed E-state index contributed by atoms with van der Waals surface area (Å²) >= 11 is 0. The van der Waals surface area contributed by atoms with Gasteiger partial charge in [-0.15, -0.1) is 10.2 Å². The standard InChI is InChI=1S/C24H31N7/c1-25-24(26-13-12-23-29-28-22-9-5-6-14-30(22)23)27-19-15-20-10-11-21(16-19)31(20)17-18-7-3-2-4-8-18/h2-9,14,19-21H,10-13,15-17H2,1H3,(H2,25,26,27). The zero-order valence-corrected chi connectivity index (χ0v) is 18.1. The van der Waals surface area contributed by atoms with Crippen LogP contribution >= 0.6 is 0 Å². The number of aliphatic imine (C=N–C) groups is 1. The first kappa shape index (κ1) is 20.0. The molecule has 2 unspecified atom stereocenters. The molecule has 4 heterocycles. The summed E-state index contributed by atoms with van der Waals surface area (Å²) < 4.78 is 2.04. The minimum absolute atomic E-state index is 0.477. The number of nitrogens with zero attached hydrogens (tertiary/aromatic N) is 5. The number of piperidine rings is 1. The van der Waals surface area contributed by atoms with Crippen LogP contribution in [0.3, 0.4) is 0 Å². The first-order chi connectivity index (χ1) is 15.3. The number of benzene rings is 1. The Morgan fingerprint density at radius 3 is 2.58 bits per heavy atom. The van der Waals surface area contributed by atoms with Crippen molar-refractivity contribution in [2.75, 3.05) is 13.6 Å². The molecule has 2 aliphatic rings. The number of pyridine rings is 1. The Morgan fingerprint density at radius 2 is 1.81 bits per heavy atom. The Labute approximate surface area is 183 Å². The molecule has 7 heteroatoms. The lowest BCUT2D eigenvalue weighted by Crippen LogP contribution is -2.52. The van der Waals surface area contributed by atoms with E-state index in [4.69, 9.17) is 0 Å². The van der Waals surface area contributed by atoms with Crippen LogP contribution in [0.4, 0.5) is 0 Å². The highest BCUT2D eigenvalue weighted by molar-refractivity contribution is 5.80. The fourth-order valence-electron chi connectivity index (χ4n) is 5.19. The largest absolute Gasteiger partial charge is 0.356 e. The minimum Gasteiger partial charge on any atom is -0.356 e. The van der Waals surface area contributed by atoms with Gasteiger partial charge in [0.1, 0.15) is 5.82 Å². The zero-order chi connectivity index (χ0) is 21.0. The second-order valence-corrected chi connectivity index (χ2v) is 8.65. The van der Waals surface area contributed by atoms with E-state index in [1.165, 1.54) is 31.2 Å². The fraction of sp³-hybridized carbons (Fsp3) is 0.458. The van der Waals surface area contributed by atoms with Crippen molar-refractivity contribution >= 4 is 11.6 Å². The molecule has 2 aliphatic heterocycles. The maximum Gasteiger partial charge on any atom is 0.191 e. The maximum absolute atomic E-state index is 4.46. The normalized spacial score (nSPS) is 23.9. The number of fused-ring (bicyclic) bond motifs is 3. The molecule has 31 heavy (non-hydrogen) atoms. The molecule has 0 radical (unpaired) electrons. The molecule has 1 aromatic carbocycles. The molecule has 162 valence electrons. The molecule has 0 aliphatic carbocycles. The Hall–Kier alpha value is -2.93. The Kier molecular flexibility index (Phi) is 5.84. The molecule has 2 bridgehead atoms. The van der Waals surface area contributed by atoms with Crippen LogP contribution in [0.25, 0.3) is 5.65 Å². The number of aromatic nitrogens is 3. The topological polar surface area (TPSA) is 69.8 Å². The molecule has 0 saturated carbocycles. The Balaban J connectivity index is 1.13. The van der Waals surface area contributed by atoms with Crippen molar-refractivity contribution in [3.8, 4) is 0 Å². The second-order valence-electron chi connectivity index (χ2n) is 8.65. The van der Waals surface area contributed by atoms with E-state index in [-0.39, 0.29) is 0 Å². The van der Waals surface area contributed by atoms with Crippen LogP contribution in [0.15, 0.2) is 59.7 Å². The van der Waals surface area contributed by atoms with E-state index in [1.54, 1.807) is 0 Å². The van der Waals surface area contributed by atoms with Crippen LogP contribution in [0.2, 0.25) is 0 Å². The van der Waals surface area contributed by atoms with E-state index < -0.39 is 0 Å². The van der Waals surface area contributed by atoms with E-state index in [1.807, 2.05) is 35.8 Å². The lowest BCUT2D eigenvalue weighted by molar-refractivity contribution is 0.114. The highest BCUT2D eigenvalue weighted by Gasteiger charge is 2.40. The number of rotatable bonds is 6. The molecule has 2 aromatic heterocycles. The third-order valence-corrected chi connectivity index (χ3v) is 6.68. The van der Waals surface area contributed by atoms with Crippen LogP contribution in [0.1, 0.15) is 37.1 Å². The zero-order valence-electron chi connectivity index (χ0n) is 18.1. The summed E-state index contributed by atoms with van der Waals surface area (Å²) in [5.74, 6) is 1.85. The smallest absolute Gasteiger partial charge is 0.191 e. The number of hydrogen-bond donors (Lipinski definition) is 2. The maximum atomic E-state index is 4.46. The minimum atomic E-state index is 0.477. The van der Waals surface area contributed by atoms with Crippen molar-refractivity contribution < 1.29 is 0 Å². The Morgan fingerprint density at radius 1 is 1.03 bits per heavy atom. The van der Waals surface area contributed by atoms with Crippen LogP contribution in [-0.2, 0) is 13.0 Å². The van der Waals surface area contributed by atoms with Gasteiger partial charge in [-0.05, 0) is 43.4 Å². The summed E-state index contributed by atoms with van der Waals surface area (Å²) in [4.78, 5) is 7.18. The van der Waals surface area contributed by atoms with E-state index >= 15 is 0 Å². The first-order valence-corrected chi connectivity index (χ1v) is 11.4. The predicted molar refractivity (Wildman–Crippen MR) is 123 cm³/mol. The van der Waals surface area contributed by atoms with Crippen LogP contribution in [0, 0.1) is 0 Å². The van der Waals surface area contributed by atoms with Gasteiger partial charge in [0.2, 0.25) is 0 Å². The van der Waals surface area contributed by atoms with Crippen LogP contribution in [0.5, 0.6) is 0 Å². The van der Waals surface area contributed by atoms with E-state index in [0.29, 0.717) is 18.1 Å². The first-order valence-electron chi connectivity index (χ1n) is 11.4. The Bertz CT molecular complexity index is 1010. The van der Waals surface area contributed by atoms with Gasteiger partial charge in [0.15, 0.2) is 11.6 Å². The molecular weight excluding hydrogens is 386 g/mol. The lowest BCUT2D eigenvalue weighted by Gasteiger charge is -2.39. The number of guanidine groups is 1. The van der Waals surface area contributed by atoms with Crippen molar-refractivity contribution in [3.05, 3.63) is 66.1 Å². The van der Waals surface area contributed by atoms with Crippen molar-refractivity contribution in [1.82, 2.24) is 30.1 Å². The molecule has 3 aromatic rings.